The number of carbonyl (C=O) groups is 1. The molecule has 0 spiro atoms. The molecular formula is C14H10FN3O2. The van der Waals surface area contributed by atoms with Crippen molar-refractivity contribution in [3.8, 4) is 11.1 Å². The van der Waals surface area contributed by atoms with E-state index in [1.165, 1.54) is 23.0 Å². The molecule has 5 nitrogen and oxygen atoms in total. The van der Waals surface area contributed by atoms with Crippen LogP contribution in [0.4, 0.5) is 4.39 Å². The fourth-order valence-corrected chi connectivity index (χ4v) is 2.01. The SMILES string of the molecule is O=C(O)Cn1ncc2ncc(-c3ccc(F)cc3)cc21. The molecule has 0 aliphatic carbocycles. The van der Waals surface area contributed by atoms with E-state index in [0.29, 0.717) is 11.0 Å². The normalized spacial score (nSPS) is 10.8. The van der Waals surface area contributed by atoms with Gasteiger partial charge in [-0.05, 0) is 23.8 Å². The maximum absolute atomic E-state index is 12.9. The van der Waals surface area contributed by atoms with Crippen molar-refractivity contribution in [1.29, 1.82) is 0 Å². The van der Waals surface area contributed by atoms with Crippen molar-refractivity contribution in [2.45, 2.75) is 6.54 Å². The Morgan fingerprint density at radius 3 is 2.65 bits per heavy atom. The lowest BCUT2D eigenvalue weighted by Crippen LogP contribution is -2.09. The Morgan fingerprint density at radius 2 is 1.95 bits per heavy atom. The molecule has 2 aromatic heterocycles. The largest absolute Gasteiger partial charge is 0.480 e. The molecule has 0 aliphatic heterocycles. The Morgan fingerprint density at radius 1 is 1.20 bits per heavy atom. The van der Waals surface area contributed by atoms with Crippen LogP contribution in [0.25, 0.3) is 22.2 Å². The van der Waals surface area contributed by atoms with E-state index in [1.807, 2.05) is 0 Å². The van der Waals surface area contributed by atoms with Crippen molar-refractivity contribution >= 4 is 17.0 Å². The molecule has 3 rings (SSSR count). The van der Waals surface area contributed by atoms with Crippen LogP contribution >= 0.6 is 0 Å². The quantitative estimate of drug-likeness (QED) is 0.793. The predicted molar refractivity (Wildman–Crippen MR) is 70.6 cm³/mol. The van der Waals surface area contributed by atoms with E-state index in [2.05, 4.69) is 10.1 Å². The first-order valence-electron chi connectivity index (χ1n) is 5.93. The molecule has 0 aliphatic rings. The van der Waals surface area contributed by atoms with Gasteiger partial charge in [-0.25, -0.2) is 4.39 Å². The number of benzene rings is 1. The molecule has 2 heterocycles. The molecule has 0 fully saturated rings. The van der Waals surface area contributed by atoms with Crippen molar-refractivity contribution < 1.29 is 14.3 Å². The summed E-state index contributed by atoms with van der Waals surface area (Å²) in [4.78, 5) is 15.0. The molecule has 0 amide bonds. The highest BCUT2D eigenvalue weighted by Crippen LogP contribution is 2.22. The molecule has 1 N–H and O–H groups in total. The summed E-state index contributed by atoms with van der Waals surface area (Å²) in [6, 6.07) is 7.83. The van der Waals surface area contributed by atoms with Gasteiger partial charge in [0.15, 0.2) is 0 Å². The third-order valence-corrected chi connectivity index (χ3v) is 2.96. The monoisotopic (exact) mass is 271 g/mol. The molecule has 0 atom stereocenters. The van der Waals surface area contributed by atoms with E-state index in [4.69, 9.17) is 5.11 Å². The minimum atomic E-state index is -0.970. The number of halogens is 1. The molecule has 0 radical (unpaired) electrons. The maximum Gasteiger partial charge on any atom is 0.325 e. The van der Waals surface area contributed by atoms with Gasteiger partial charge in [-0.1, -0.05) is 12.1 Å². The Labute approximate surface area is 113 Å². The smallest absolute Gasteiger partial charge is 0.325 e. The summed E-state index contributed by atoms with van der Waals surface area (Å²) in [6.07, 6.45) is 3.18. The first-order chi connectivity index (χ1) is 9.63. The number of nitrogens with zero attached hydrogens (tertiary/aromatic N) is 3. The summed E-state index contributed by atoms with van der Waals surface area (Å²) >= 11 is 0. The van der Waals surface area contributed by atoms with Crippen LogP contribution in [0, 0.1) is 5.82 Å². The third-order valence-electron chi connectivity index (χ3n) is 2.96. The van der Waals surface area contributed by atoms with E-state index in [1.54, 1.807) is 24.4 Å². The first kappa shape index (κ1) is 12.3. The van der Waals surface area contributed by atoms with Crippen LogP contribution in [-0.4, -0.2) is 25.8 Å². The predicted octanol–water partition coefficient (Wildman–Crippen LogP) is 2.32. The second-order valence-corrected chi connectivity index (χ2v) is 4.33. The van der Waals surface area contributed by atoms with Crippen molar-refractivity contribution in [2.75, 3.05) is 0 Å². The van der Waals surface area contributed by atoms with Crippen molar-refractivity contribution in [3.05, 3.63) is 48.5 Å². The zero-order chi connectivity index (χ0) is 14.1. The van der Waals surface area contributed by atoms with Crippen molar-refractivity contribution in [3.63, 3.8) is 0 Å². The molecule has 1 aromatic carbocycles. The van der Waals surface area contributed by atoms with E-state index in [-0.39, 0.29) is 12.4 Å². The van der Waals surface area contributed by atoms with Crippen molar-refractivity contribution in [1.82, 2.24) is 14.8 Å². The number of hydrogen-bond donors (Lipinski definition) is 1. The summed E-state index contributed by atoms with van der Waals surface area (Å²) in [7, 11) is 0. The van der Waals surface area contributed by atoms with E-state index in [0.717, 1.165) is 11.1 Å². The van der Waals surface area contributed by atoms with Crippen LogP contribution in [0.1, 0.15) is 0 Å². The fraction of sp³-hybridized carbons (Fsp3) is 0.0714. The Kier molecular flexibility index (Phi) is 2.90. The molecule has 20 heavy (non-hydrogen) atoms. The minimum Gasteiger partial charge on any atom is -0.480 e. The molecule has 0 bridgehead atoms. The highest BCUT2D eigenvalue weighted by Gasteiger charge is 2.09. The lowest BCUT2D eigenvalue weighted by Gasteiger charge is -2.03. The molecule has 3 aromatic rings. The zero-order valence-electron chi connectivity index (χ0n) is 10.3. The van der Waals surface area contributed by atoms with Crippen LogP contribution in [0.2, 0.25) is 0 Å². The highest BCUT2D eigenvalue weighted by atomic mass is 19.1. The first-order valence-corrected chi connectivity index (χ1v) is 5.93. The number of carboxylic acids is 1. The number of aliphatic carboxylic acids is 1. The molecule has 100 valence electrons. The minimum absolute atomic E-state index is 0.224. The van der Waals surface area contributed by atoms with Crippen molar-refractivity contribution in [2.24, 2.45) is 0 Å². The van der Waals surface area contributed by atoms with E-state index >= 15 is 0 Å². The third kappa shape index (κ3) is 2.23. The lowest BCUT2D eigenvalue weighted by molar-refractivity contribution is -0.137. The summed E-state index contributed by atoms with van der Waals surface area (Å²) in [5.41, 5.74) is 2.85. The summed E-state index contributed by atoms with van der Waals surface area (Å²) in [5.74, 6) is -1.28. The fourth-order valence-electron chi connectivity index (χ4n) is 2.01. The van der Waals surface area contributed by atoms with Gasteiger partial charge in [0.2, 0.25) is 0 Å². The van der Waals surface area contributed by atoms with Gasteiger partial charge >= 0.3 is 5.97 Å². The molecule has 0 saturated heterocycles. The van der Waals surface area contributed by atoms with Crippen LogP contribution in [0.3, 0.4) is 0 Å². The summed E-state index contributed by atoms with van der Waals surface area (Å²) in [5, 5.41) is 12.8. The Bertz CT molecular complexity index is 781. The van der Waals surface area contributed by atoms with Crippen LogP contribution in [0.5, 0.6) is 0 Å². The second-order valence-electron chi connectivity index (χ2n) is 4.33. The molecule has 6 heteroatoms. The van der Waals surface area contributed by atoms with Gasteiger partial charge in [-0.2, -0.15) is 5.10 Å². The van der Waals surface area contributed by atoms with E-state index < -0.39 is 5.97 Å². The average molecular weight is 271 g/mol. The van der Waals surface area contributed by atoms with Crippen LogP contribution < -0.4 is 0 Å². The number of rotatable bonds is 3. The Hall–Kier alpha value is -2.76. The van der Waals surface area contributed by atoms with Crippen LogP contribution in [-0.2, 0) is 11.3 Å². The number of fused-ring (bicyclic) bond motifs is 1. The molecule has 0 saturated carbocycles. The van der Waals surface area contributed by atoms with E-state index in [9.17, 15) is 9.18 Å². The number of carboxylic acid groups (broad SMARTS) is 1. The van der Waals surface area contributed by atoms with Gasteiger partial charge in [-0.15, -0.1) is 0 Å². The number of pyridine rings is 1. The summed E-state index contributed by atoms with van der Waals surface area (Å²) in [6.45, 7) is -0.224. The zero-order valence-corrected chi connectivity index (χ0v) is 10.3. The summed E-state index contributed by atoms with van der Waals surface area (Å²) < 4.78 is 14.3. The van der Waals surface area contributed by atoms with Gasteiger partial charge < -0.3 is 5.11 Å². The molecular weight excluding hydrogens is 261 g/mol. The highest BCUT2D eigenvalue weighted by molar-refractivity contribution is 5.81. The van der Waals surface area contributed by atoms with Crippen LogP contribution in [0.15, 0.2) is 42.7 Å². The van der Waals surface area contributed by atoms with Gasteiger partial charge in [0.05, 0.1) is 11.7 Å². The topological polar surface area (TPSA) is 68.0 Å². The van der Waals surface area contributed by atoms with Gasteiger partial charge in [0, 0.05) is 11.8 Å². The van der Waals surface area contributed by atoms with Gasteiger partial charge in [-0.3, -0.25) is 14.5 Å². The second kappa shape index (κ2) is 4.73. The van der Waals surface area contributed by atoms with Gasteiger partial charge in [0.25, 0.3) is 0 Å². The lowest BCUT2D eigenvalue weighted by atomic mass is 10.1. The number of aromatic nitrogens is 3. The van der Waals surface area contributed by atoms with Gasteiger partial charge in [0.1, 0.15) is 17.9 Å². The molecule has 0 unspecified atom stereocenters. The average Bonchev–Trinajstić information content (AvgIpc) is 2.81. The maximum atomic E-state index is 12.9. The Balaban J connectivity index is 2.09. The number of hydrogen-bond acceptors (Lipinski definition) is 3. The standard InChI is InChI=1S/C14H10FN3O2/c15-11-3-1-9(2-4-11)10-5-13-12(16-6-10)7-17-18(13)8-14(19)20/h1-7H,8H2,(H,19,20).